The van der Waals surface area contributed by atoms with E-state index in [1.807, 2.05) is 0 Å². The molecular formula is C12H21NO4. The van der Waals surface area contributed by atoms with Crippen LogP contribution in [0.15, 0.2) is 0 Å². The van der Waals surface area contributed by atoms with Gasteiger partial charge in [0.2, 0.25) is 5.91 Å². The van der Waals surface area contributed by atoms with E-state index in [2.05, 4.69) is 0 Å². The highest BCUT2D eigenvalue weighted by Gasteiger charge is 2.33. The molecule has 0 aromatic carbocycles. The van der Waals surface area contributed by atoms with Gasteiger partial charge in [-0.3, -0.25) is 4.79 Å². The van der Waals surface area contributed by atoms with Crippen LogP contribution in [0.2, 0.25) is 0 Å². The molecular weight excluding hydrogens is 222 g/mol. The van der Waals surface area contributed by atoms with Crippen LogP contribution in [0.1, 0.15) is 32.1 Å². The zero-order valence-electron chi connectivity index (χ0n) is 10.0. The molecule has 98 valence electrons. The summed E-state index contributed by atoms with van der Waals surface area (Å²) < 4.78 is 5.55. The number of aliphatic hydroxyl groups is 2. The van der Waals surface area contributed by atoms with E-state index in [4.69, 9.17) is 9.84 Å². The first-order valence-corrected chi connectivity index (χ1v) is 6.40. The second-order valence-corrected chi connectivity index (χ2v) is 4.99. The van der Waals surface area contributed by atoms with Crippen molar-refractivity contribution >= 4 is 5.91 Å². The number of likely N-dealkylation sites (tertiary alicyclic amines) is 1. The Hall–Kier alpha value is -0.650. The van der Waals surface area contributed by atoms with Crippen molar-refractivity contribution in [2.24, 2.45) is 0 Å². The molecule has 2 unspecified atom stereocenters. The Labute approximate surface area is 101 Å². The summed E-state index contributed by atoms with van der Waals surface area (Å²) in [5.74, 6) is -0.118. The highest BCUT2D eigenvalue weighted by molar-refractivity contribution is 5.78. The van der Waals surface area contributed by atoms with Crippen molar-refractivity contribution in [3.63, 3.8) is 0 Å². The zero-order chi connectivity index (χ0) is 12.3. The van der Waals surface area contributed by atoms with Gasteiger partial charge in [-0.2, -0.15) is 0 Å². The summed E-state index contributed by atoms with van der Waals surface area (Å²) in [5.41, 5.74) is 0. The van der Waals surface area contributed by atoms with Crippen molar-refractivity contribution in [1.82, 2.24) is 4.90 Å². The van der Waals surface area contributed by atoms with Crippen LogP contribution in [0.4, 0.5) is 0 Å². The van der Waals surface area contributed by atoms with Crippen LogP contribution in [0.5, 0.6) is 0 Å². The van der Waals surface area contributed by atoms with Crippen molar-refractivity contribution in [2.75, 3.05) is 19.8 Å². The molecule has 2 aliphatic rings. The van der Waals surface area contributed by atoms with Crippen LogP contribution < -0.4 is 0 Å². The third-order valence-electron chi connectivity index (χ3n) is 3.67. The highest BCUT2D eigenvalue weighted by atomic mass is 16.5. The molecule has 1 saturated heterocycles. The minimum absolute atomic E-state index is 0.0773. The first kappa shape index (κ1) is 12.8. The smallest absolute Gasteiger partial charge is 0.249 e. The van der Waals surface area contributed by atoms with Gasteiger partial charge in [-0.25, -0.2) is 0 Å². The number of nitrogens with zero attached hydrogens (tertiary/aromatic N) is 1. The molecule has 0 spiro atoms. The van der Waals surface area contributed by atoms with Crippen LogP contribution in [0.3, 0.4) is 0 Å². The van der Waals surface area contributed by atoms with Gasteiger partial charge in [-0.15, -0.1) is 0 Å². The molecule has 5 heteroatoms. The van der Waals surface area contributed by atoms with Gasteiger partial charge in [0.05, 0.1) is 24.9 Å². The lowest BCUT2D eigenvalue weighted by atomic mass is 10.2. The predicted molar refractivity (Wildman–Crippen MR) is 61.4 cm³/mol. The van der Waals surface area contributed by atoms with Gasteiger partial charge < -0.3 is 19.8 Å². The largest absolute Gasteiger partial charge is 0.394 e. The van der Waals surface area contributed by atoms with Crippen molar-refractivity contribution in [3.05, 3.63) is 0 Å². The normalized spacial score (nSPS) is 30.1. The molecule has 2 rings (SSSR count). The molecule has 1 aliphatic carbocycles. The zero-order valence-corrected chi connectivity index (χ0v) is 10.0. The molecule has 1 saturated carbocycles. The lowest BCUT2D eigenvalue weighted by Gasteiger charge is -2.23. The molecule has 2 atom stereocenters. The maximum absolute atomic E-state index is 11.9. The number of carbonyl (C=O) groups is 1. The quantitative estimate of drug-likeness (QED) is 0.723. The summed E-state index contributed by atoms with van der Waals surface area (Å²) in [4.78, 5) is 13.4. The standard InChI is InChI=1S/C12H21NO4/c14-7-9-5-10(15)6-13(9)12(16)8-17-11-3-1-2-4-11/h9-11,14-15H,1-8H2. The molecule has 1 aliphatic heterocycles. The number of β-amino-alcohol motifs (C(OH)–C–C–N with tert-alkyl or cyclic N) is 1. The summed E-state index contributed by atoms with van der Waals surface area (Å²) in [7, 11) is 0. The fourth-order valence-corrected chi connectivity index (χ4v) is 2.70. The van der Waals surface area contributed by atoms with Gasteiger partial charge in [-0.05, 0) is 19.3 Å². The van der Waals surface area contributed by atoms with Crippen LogP contribution in [0, 0.1) is 0 Å². The summed E-state index contributed by atoms with van der Waals surface area (Å²) in [6.45, 7) is 0.304. The van der Waals surface area contributed by atoms with E-state index in [1.165, 1.54) is 12.8 Å². The lowest BCUT2D eigenvalue weighted by molar-refractivity contribution is -0.139. The molecule has 0 radical (unpaired) electrons. The second kappa shape index (κ2) is 5.80. The van der Waals surface area contributed by atoms with Crippen molar-refractivity contribution in [2.45, 2.75) is 50.4 Å². The second-order valence-electron chi connectivity index (χ2n) is 4.99. The van der Waals surface area contributed by atoms with Gasteiger partial charge in [0.25, 0.3) is 0 Å². The van der Waals surface area contributed by atoms with Gasteiger partial charge in [0.15, 0.2) is 0 Å². The first-order chi connectivity index (χ1) is 8.20. The van der Waals surface area contributed by atoms with Crippen molar-refractivity contribution in [1.29, 1.82) is 0 Å². The number of hydrogen-bond donors (Lipinski definition) is 2. The first-order valence-electron chi connectivity index (χ1n) is 6.40. The van der Waals surface area contributed by atoms with Crippen LogP contribution in [0.25, 0.3) is 0 Å². The van der Waals surface area contributed by atoms with Crippen LogP contribution in [-0.4, -0.2) is 59.0 Å². The third kappa shape index (κ3) is 3.18. The number of ether oxygens (including phenoxy) is 1. The van der Waals surface area contributed by atoms with E-state index in [9.17, 15) is 9.90 Å². The predicted octanol–water partition coefficient (Wildman–Crippen LogP) is -0.100. The Morgan fingerprint density at radius 3 is 2.71 bits per heavy atom. The molecule has 1 amide bonds. The van der Waals surface area contributed by atoms with Crippen LogP contribution >= 0.6 is 0 Å². The average Bonchev–Trinajstić information content (AvgIpc) is 2.94. The molecule has 1 heterocycles. The molecule has 17 heavy (non-hydrogen) atoms. The molecule has 5 nitrogen and oxygen atoms in total. The molecule has 0 aromatic rings. The average molecular weight is 243 g/mol. The van der Waals surface area contributed by atoms with E-state index in [1.54, 1.807) is 4.90 Å². The number of rotatable bonds is 4. The summed E-state index contributed by atoms with van der Waals surface area (Å²) >= 11 is 0. The number of hydrogen-bond acceptors (Lipinski definition) is 4. The van der Waals surface area contributed by atoms with E-state index in [0.29, 0.717) is 13.0 Å². The topological polar surface area (TPSA) is 70.0 Å². The monoisotopic (exact) mass is 243 g/mol. The Morgan fingerprint density at radius 2 is 2.06 bits per heavy atom. The van der Waals surface area contributed by atoms with Gasteiger partial charge in [0, 0.05) is 6.54 Å². The van der Waals surface area contributed by atoms with E-state index in [0.717, 1.165) is 12.8 Å². The SMILES string of the molecule is O=C(COC1CCCC1)N1CC(O)CC1CO. The molecule has 0 aromatic heterocycles. The number of amides is 1. The van der Waals surface area contributed by atoms with Gasteiger partial charge >= 0.3 is 0 Å². The maximum Gasteiger partial charge on any atom is 0.249 e. The van der Waals surface area contributed by atoms with Crippen molar-refractivity contribution < 1.29 is 19.7 Å². The molecule has 2 fully saturated rings. The van der Waals surface area contributed by atoms with Crippen molar-refractivity contribution in [3.8, 4) is 0 Å². The van der Waals surface area contributed by atoms with E-state index in [-0.39, 0.29) is 31.3 Å². The molecule has 2 N–H and O–H groups in total. The lowest BCUT2D eigenvalue weighted by Crippen LogP contribution is -2.40. The minimum atomic E-state index is -0.511. The fourth-order valence-electron chi connectivity index (χ4n) is 2.70. The Morgan fingerprint density at radius 1 is 1.35 bits per heavy atom. The Bertz CT molecular complexity index is 265. The van der Waals surface area contributed by atoms with Crippen LogP contribution in [-0.2, 0) is 9.53 Å². The van der Waals surface area contributed by atoms with Gasteiger partial charge in [0.1, 0.15) is 6.61 Å². The summed E-state index contributed by atoms with van der Waals surface area (Å²) in [6, 6.07) is -0.246. The Balaban J connectivity index is 1.78. The maximum atomic E-state index is 11.9. The third-order valence-corrected chi connectivity index (χ3v) is 3.67. The Kier molecular flexibility index (Phi) is 4.36. The summed E-state index contributed by atoms with van der Waals surface area (Å²) in [5, 5.41) is 18.6. The summed E-state index contributed by atoms with van der Waals surface area (Å²) in [6.07, 6.45) is 4.62. The fraction of sp³-hybridized carbons (Fsp3) is 0.917. The van der Waals surface area contributed by atoms with Gasteiger partial charge in [-0.1, -0.05) is 12.8 Å². The number of carbonyl (C=O) groups excluding carboxylic acids is 1. The van der Waals surface area contributed by atoms with E-state index >= 15 is 0 Å². The minimum Gasteiger partial charge on any atom is -0.394 e. The molecule has 0 bridgehead atoms. The highest BCUT2D eigenvalue weighted by Crippen LogP contribution is 2.22. The van der Waals surface area contributed by atoms with E-state index < -0.39 is 6.10 Å². The number of aliphatic hydroxyl groups excluding tert-OH is 2.